The van der Waals surface area contributed by atoms with E-state index < -0.39 is 0 Å². The molecule has 0 aliphatic carbocycles. The molecule has 106 valence electrons. The fourth-order valence-corrected chi connectivity index (χ4v) is 1.96. The lowest BCUT2D eigenvalue weighted by Gasteiger charge is -2.15. The Labute approximate surface area is 114 Å². The van der Waals surface area contributed by atoms with Gasteiger partial charge in [0.25, 0.3) is 0 Å². The van der Waals surface area contributed by atoms with Gasteiger partial charge in [-0.3, -0.25) is 9.78 Å². The summed E-state index contributed by atoms with van der Waals surface area (Å²) < 4.78 is 0. The van der Waals surface area contributed by atoms with Crippen LogP contribution in [0.4, 0.5) is 5.69 Å². The number of nitrogen functional groups attached to an aromatic ring is 1. The second-order valence-electron chi connectivity index (χ2n) is 4.73. The number of nitrogens with zero attached hydrogens (tertiary/aromatic N) is 1. The summed E-state index contributed by atoms with van der Waals surface area (Å²) in [4.78, 5) is 15.9. The topological polar surface area (TPSA) is 88.2 Å². The van der Waals surface area contributed by atoms with E-state index in [2.05, 4.69) is 17.2 Å². The van der Waals surface area contributed by atoms with E-state index in [0.29, 0.717) is 23.8 Å². The van der Waals surface area contributed by atoms with Gasteiger partial charge in [-0.2, -0.15) is 0 Å². The molecule has 1 unspecified atom stereocenters. The normalized spacial score (nSPS) is 12.1. The van der Waals surface area contributed by atoms with E-state index in [1.165, 1.54) is 0 Å². The van der Waals surface area contributed by atoms with Crippen LogP contribution in [0.15, 0.2) is 18.3 Å². The molecule has 1 heterocycles. The number of rotatable bonds is 8. The molecule has 5 heteroatoms. The molecule has 0 fully saturated rings. The molecule has 0 radical (unpaired) electrons. The third kappa shape index (κ3) is 6.20. The van der Waals surface area contributed by atoms with Gasteiger partial charge in [0.2, 0.25) is 5.91 Å². The maximum atomic E-state index is 11.8. The van der Waals surface area contributed by atoms with Crippen LogP contribution in [0.2, 0.25) is 0 Å². The van der Waals surface area contributed by atoms with Crippen LogP contribution >= 0.6 is 0 Å². The van der Waals surface area contributed by atoms with Gasteiger partial charge < -0.3 is 16.2 Å². The van der Waals surface area contributed by atoms with E-state index in [1.807, 2.05) is 0 Å². The van der Waals surface area contributed by atoms with Gasteiger partial charge in [0.05, 0.1) is 18.3 Å². The molecule has 0 aliphatic heterocycles. The first-order valence-corrected chi connectivity index (χ1v) is 6.73. The monoisotopic (exact) mass is 265 g/mol. The number of aliphatic hydroxyl groups excluding tert-OH is 1. The van der Waals surface area contributed by atoms with Crippen molar-refractivity contribution in [2.75, 3.05) is 18.9 Å². The zero-order valence-electron chi connectivity index (χ0n) is 11.4. The molecule has 0 spiro atoms. The maximum absolute atomic E-state index is 11.8. The van der Waals surface area contributed by atoms with Crippen molar-refractivity contribution in [3.8, 4) is 0 Å². The first-order valence-electron chi connectivity index (χ1n) is 6.73. The quantitative estimate of drug-likeness (QED) is 0.657. The maximum Gasteiger partial charge on any atom is 0.226 e. The molecule has 4 N–H and O–H groups in total. The van der Waals surface area contributed by atoms with Crippen LogP contribution in [0.25, 0.3) is 0 Å². The predicted octanol–water partition coefficient (Wildman–Crippen LogP) is 1.12. The van der Waals surface area contributed by atoms with Crippen LogP contribution in [0.5, 0.6) is 0 Å². The van der Waals surface area contributed by atoms with Crippen molar-refractivity contribution in [3.05, 3.63) is 24.0 Å². The van der Waals surface area contributed by atoms with Gasteiger partial charge in [0, 0.05) is 18.8 Å². The van der Waals surface area contributed by atoms with Gasteiger partial charge in [-0.05, 0) is 30.9 Å². The number of amides is 1. The highest BCUT2D eigenvalue weighted by atomic mass is 16.3. The minimum absolute atomic E-state index is 0.0451. The van der Waals surface area contributed by atoms with Crippen molar-refractivity contribution in [2.45, 2.75) is 32.6 Å². The largest absolute Gasteiger partial charge is 0.397 e. The summed E-state index contributed by atoms with van der Waals surface area (Å²) in [6.07, 6.45) is 4.61. The van der Waals surface area contributed by atoms with Crippen molar-refractivity contribution in [3.63, 3.8) is 0 Å². The second kappa shape index (κ2) is 8.48. The van der Waals surface area contributed by atoms with Crippen molar-refractivity contribution in [2.24, 2.45) is 5.92 Å². The molecule has 1 amide bonds. The lowest BCUT2D eigenvalue weighted by atomic mass is 10.0. The van der Waals surface area contributed by atoms with E-state index in [4.69, 9.17) is 10.8 Å². The number of nitrogens with one attached hydrogen (secondary N) is 1. The van der Waals surface area contributed by atoms with Crippen LogP contribution in [0.3, 0.4) is 0 Å². The number of carbonyl (C=O) groups excluding carboxylic acids is 1. The van der Waals surface area contributed by atoms with Gasteiger partial charge in [0.15, 0.2) is 0 Å². The fraction of sp³-hybridized carbons (Fsp3) is 0.571. The molecule has 1 aromatic rings. The van der Waals surface area contributed by atoms with Crippen molar-refractivity contribution in [1.29, 1.82) is 0 Å². The van der Waals surface area contributed by atoms with E-state index in [-0.39, 0.29) is 18.9 Å². The number of pyridine rings is 1. The summed E-state index contributed by atoms with van der Waals surface area (Å²) in [6.45, 7) is 2.88. The van der Waals surface area contributed by atoms with E-state index >= 15 is 0 Å². The molecule has 0 bridgehead atoms. The molecular formula is C14H23N3O2. The molecule has 1 rings (SSSR count). The summed E-state index contributed by atoms with van der Waals surface area (Å²) >= 11 is 0. The van der Waals surface area contributed by atoms with Gasteiger partial charge in [-0.1, -0.05) is 13.3 Å². The Morgan fingerprint density at radius 1 is 1.47 bits per heavy atom. The zero-order valence-corrected chi connectivity index (χ0v) is 11.4. The molecule has 1 atom stereocenters. The summed E-state index contributed by atoms with van der Waals surface area (Å²) in [5.74, 6) is 0.301. The molecular weight excluding hydrogens is 242 g/mol. The van der Waals surface area contributed by atoms with Crippen LogP contribution in [0.1, 0.15) is 31.9 Å². The Hall–Kier alpha value is -1.62. The van der Waals surface area contributed by atoms with Gasteiger partial charge >= 0.3 is 0 Å². The highest BCUT2D eigenvalue weighted by molar-refractivity contribution is 5.78. The number of nitrogens with two attached hydrogens (primary N) is 1. The Bertz CT molecular complexity index is 373. The van der Waals surface area contributed by atoms with E-state index in [0.717, 1.165) is 19.3 Å². The summed E-state index contributed by atoms with van der Waals surface area (Å²) in [7, 11) is 0. The minimum atomic E-state index is -0.0451. The lowest BCUT2D eigenvalue weighted by Crippen LogP contribution is -2.31. The minimum Gasteiger partial charge on any atom is -0.397 e. The molecule has 19 heavy (non-hydrogen) atoms. The highest BCUT2D eigenvalue weighted by Crippen LogP contribution is 2.09. The predicted molar refractivity (Wildman–Crippen MR) is 75.5 cm³/mol. The van der Waals surface area contributed by atoms with Gasteiger partial charge in [0.1, 0.15) is 0 Å². The number of anilines is 1. The molecule has 1 aromatic heterocycles. The average Bonchev–Trinajstić information content (AvgIpc) is 2.39. The summed E-state index contributed by atoms with van der Waals surface area (Å²) in [5.41, 5.74) is 6.84. The smallest absolute Gasteiger partial charge is 0.226 e. The molecule has 0 saturated heterocycles. The molecule has 0 saturated carbocycles. The van der Waals surface area contributed by atoms with Crippen molar-refractivity contribution >= 4 is 11.6 Å². The zero-order chi connectivity index (χ0) is 14.1. The Morgan fingerprint density at radius 2 is 2.26 bits per heavy atom. The number of aliphatic hydroxyl groups is 1. The van der Waals surface area contributed by atoms with Crippen molar-refractivity contribution < 1.29 is 9.90 Å². The number of aromatic nitrogens is 1. The van der Waals surface area contributed by atoms with E-state index in [9.17, 15) is 4.79 Å². The molecule has 0 aromatic carbocycles. The average molecular weight is 265 g/mol. The summed E-state index contributed by atoms with van der Waals surface area (Å²) in [5, 5.41) is 11.8. The van der Waals surface area contributed by atoms with E-state index in [1.54, 1.807) is 18.3 Å². The number of hydrogen-bond donors (Lipinski definition) is 3. The summed E-state index contributed by atoms with van der Waals surface area (Å²) in [6, 6.07) is 3.49. The second-order valence-corrected chi connectivity index (χ2v) is 4.73. The first-order chi connectivity index (χ1) is 9.15. The van der Waals surface area contributed by atoms with Crippen LogP contribution < -0.4 is 11.1 Å². The molecule has 5 nitrogen and oxygen atoms in total. The third-order valence-corrected chi connectivity index (χ3v) is 3.01. The van der Waals surface area contributed by atoms with Crippen molar-refractivity contribution in [1.82, 2.24) is 10.3 Å². The van der Waals surface area contributed by atoms with Crippen LogP contribution in [-0.4, -0.2) is 29.1 Å². The number of hydrogen-bond acceptors (Lipinski definition) is 4. The standard InChI is InChI=1S/C14H23N3O2/c1-2-3-11(6-7-18)9-17-14(19)8-13-5-4-12(15)10-16-13/h4-5,10-11,18H,2-3,6-9,15H2,1H3,(H,17,19). The SMILES string of the molecule is CCCC(CCO)CNC(=O)Cc1ccc(N)cn1. The third-order valence-electron chi connectivity index (χ3n) is 3.01. The Morgan fingerprint density at radius 3 is 2.84 bits per heavy atom. The van der Waals surface area contributed by atoms with Gasteiger partial charge in [-0.15, -0.1) is 0 Å². The number of carbonyl (C=O) groups is 1. The Kier molecular flexibility index (Phi) is 6.89. The first kappa shape index (κ1) is 15.4. The highest BCUT2D eigenvalue weighted by Gasteiger charge is 2.10. The molecule has 0 aliphatic rings. The fourth-order valence-electron chi connectivity index (χ4n) is 1.96. The van der Waals surface area contributed by atoms with Crippen LogP contribution in [-0.2, 0) is 11.2 Å². The van der Waals surface area contributed by atoms with Crippen LogP contribution in [0, 0.1) is 5.92 Å². The lowest BCUT2D eigenvalue weighted by molar-refractivity contribution is -0.120. The van der Waals surface area contributed by atoms with Gasteiger partial charge in [-0.25, -0.2) is 0 Å². The Balaban J connectivity index is 2.35.